The van der Waals surface area contributed by atoms with Gasteiger partial charge in [0.1, 0.15) is 10.6 Å². The fraction of sp³-hybridized carbons (Fsp3) is 0.333. The van der Waals surface area contributed by atoms with Gasteiger partial charge >= 0.3 is 0 Å². The van der Waals surface area contributed by atoms with Crippen LogP contribution in [0.25, 0.3) is 10.7 Å². The lowest BCUT2D eigenvalue weighted by molar-refractivity contribution is -0.215. The Kier molecular flexibility index (Phi) is 5.71. The Morgan fingerprint density at radius 1 is 1.35 bits per heavy atom. The van der Waals surface area contributed by atoms with E-state index < -0.39 is 29.8 Å². The molecule has 4 atom stereocenters. The minimum Gasteiger partial charge on any atom is -0.397 e. The smallest absolute Gasteiger partial charge is 0.276 e. The third kappa shape index (κ3) is 4.15. The highest BCUT2D eigenvalue weighted by molar-refractivity contribution is 7.13. The zero-order chi connectivity index (χ0) is 22.2. The van der Waals surface area contributed by atoms with Gasteiger partial charge in [0.2, 0.25) is 0 Å². The first-order valence-corrected chi connectivity index (χ1v) is 10.6. The summed E-state index contributed by atoms with van der Waals surface area (Å²) in [5.74, 6) is -0.499. The number of anilines is 2. The van der Waals surface area contributed by atoms with E-state index in [1.807, 2.05) is 5.38 Å². The van der Waals surface area contributed by atoms with Crippen LogP contribution >= 0.6 is 11.3 Å². The molecule has 0 spiro atoms. The van der Waals surface area contributed by atoms with E-state index >= 15 is 0 Å². The summed E-state index contributed by atoms with van der Waals surface area (Å²) < 4.78 is 5.94. The summed E-state index contributed by atoms with van der Waals surface area (Å²) in [5.41, 5.74) is 6.56. The Morgan fingerprint density at radius 3 is 2.87 bits per heavy atom. The summed E-state index contributed by atoms with van der Waals surface area (Å²) in [7, 11) is 0. The number of hydrogen-bond acceptors (Lipinski definition) is 9. The number of hydrogen-bond donors (Lipinski definition) is 4. The molecule has 0 aromatic carbocycles. The standard InChI is InChI=1S/C21H23N5O4S/c1-11-21(2,29)17(27)9-16(30-11)12-5-6-23-10-15(12)26-19(28)18-13(22)3-4-14(25-18)20-24-7-8-31-20/h3-8,10-11,16-17,27,29H,9,22H2,1-2H3,(H,26,28)/t11-,16-,17-,21-/m1/s1. The van der Waals surface area contributed by atoms with Crippen LogP contribution in [0.2, 0.25) is 0 Å². The van der Waals surface area contributed by atoms with Gasteiger partial charge in [0.25, 0.3) is 5.91 Å². The molecule has 1 aliphatic heterocycles. The van der Waals surface area contributed by atoms with Gasteiger partial charge in [-0.05, 0) is 32.0 Å². The topological polar surface area (TPSA) is 143 Å². The van der Waals surface area contributed by atoms with Crippen molar-refractivity contribution in [3.05, 3.63) is 53.4 Å². The molecular weight excluding hydrogens is 418 g/mol. The molecule has 0 saturated carbocycles. The third-order valence-corrected chi connectivity index (χ3v) is 6.34. The normalized spacial score (nSPS) is 25.9. The molecule has 0 bridgehead atoms. The number of nitrogens with two attached hydrogens (primary N) is 1. The van der Waals surface area contributed by atoms with Gasteiger partial charge in [0.15, 0.2) is 5.69 Å². The Hall–Kier alpha value is -2.92. The number of nitrogen functional groups attached to an aromatic ring is 1. The molecule has 4 heterocycles. The molecule has 4 rings (SSSR count). The van der Waals surface area contributed by atoms with Crippen molar-refractivity contribution in [2.24, 2.45) is 0 Å². The van der Waals surface area contributed by atoms with Crippen LogP contribution in [-0.4, -0.2) is 48.9 Å². The maximum absolute atomic E-state index is 13.0. The molecule has 1 fully saturated rings. The zero-order valence-corrected chi connectivity index (χ0v) is 17.8. The van der Waals surface area contributed by atoms with E-state index in [9.17, 15) is 15.0 Å². The van der Waals surface area contributed by atoms with Crippen molar-refractivity contribution in [3.63, 3.8) is 0 Å². The van der Waals surface area contributed by atoms with Crippen molar-refractivity contribution in [2.45, 2.75) is 44.2 Å². The van der Waals surface area contributed by atoms with E-state index in [1.165, 1.54) is 24.5 Å². The second-order valence-corrected chi connectivity index (χ2v) is 8.53. The molecule has 31 heavy (non-hydrogen) atoms. The minimum absolute atomic E-state index is 0.0726. The third-order valence-electron chi connectivity index (χ3n) is 5.55. The summed E-state index contributed by atoms with van der Waals surface area (Å²) in [5, 5.41) is 26.1. The second-order valence-electron chi connectivity index (χ2n) is 7.63. The Balaban J connectivity index is 1.60. The lowest BCUT2D eigenvalue weighted by atomic mass is 9.84. The highest BCUT2D eigenvalue weighted by Gasteiger charge is 2.44. The molecule has 0 aliphatic carbocycles. The van der Waals surface area contributed by atoms with Gasteiger partial charge in [-0.1, -0.05) is 0 Å². The number of aliphatic hydroxyl groups excluding tert-OH is 1. The number of pyridine rings is 2. The second kappa shape index (κ2) is 8.31. The fourth-order valence-electron chi connectivity index (χ4n) is 3.45. The van der Waals surface area contributed by atoms with Crippen molar-refractivity contribution in [1.29, 1.82) is 0 Å². The van der Waals surface area contributed by atoms with Gasteiger partial charge in [-0.15, -0.1) is 11.3 Å². The van der Waals surface area contributed by atoms with Gasteiger partial charge in [-0.2, -0.15) is 0 Å². The van der Waals surface area contributed by atoms with Gasteiger partial charge in [0, 0.05) is 29.8 Å². The molecule has 0 radical (unpaired) electrons. The van der Waals surface area contributed by atoms with Gasteiger partial charge < -0.3 is 26.0 Å². The van der Waals surface area contributed by atoms with E-state index in [0.717, 1.165) is 0 Å². The number of nitrogens with zero attached hydrogens (tertiary/aromatic N) is 3. The number of amides is 1. The molecule has 10 heteroatoms. The molecule has 1 aliphatic rings. The van der Waals surface area contributed by atoms with Gasteiger partial charge in [-0.25, -0.2) is 9.97 Å². The van der Waals surface area contributed by atoms with E-state index in [2.05, 4.69) is 20.3 Å². The van der Waals surface area contributed by atoms with E-state index in [4.69, 9.17) is 10.5 Å². The number of aromatic nitrogens is 3. The number of carbonyl (C=O) groups is 1. The monoisotopic (exact) mass is 441 g/mol. The zero-order valence-electron chi connectivity index (χ0n) is 17.0. The van der Waals surface area contributed by atoms with Crippen LogP contribution in [-0.2, 0) is 4.74 Å². The first-order valence-electron chi connectivity index (χ1n) is 9.75. The Labute approximate surface area is 183 Å². The number of carbonyl (C=O) groups excluding carboxylic acids is 1. The molecule has 1 amide bonds. The average Bonchev–Trinajstić information content (AvgIpc) is 3.27. The lowest BCUT2D eigenvalue weighted by Gasteiger charge is -2.43. The molecule has 3 aromatic heterocycles. The highest BCUT2D eigenvalue weighted by Crippen LogP contribution is 2.39. The molecule has 162 valence electrons. The van der Waals surface area contributed by atoms with Crippen LogP contribution in [0.1, 0.15) is 42.4 Å². The van der Waals surface area contributed by atoms with E-state index in [1.54, 1.807) is 37.5 Å². The summed E-state index contributed by atoms with van der Waals surface area (Å²) >= 11 is 1.41. The van der Waals surface area contributed by atoms with Crippen LogP contribution in [0.4, 0.5) is 11.4 Å². The minimum atomic E-state index is -1.36. The average molecular weight is 442 g/mol. The predicted octanol–water partition coefficient (Wildman–Crippen LogP) is 2.40. The number of thiazole rings is 1. The molecule has 9 nitrogen and oxygen atoms in total. The summed E-state index contributed by atoms with van der Waals surface area (Å²) in [6.45, 7) is 3.24. The Morgan fingerprint density at radius 2 is 2.16 bits per heavy atom. The van der Waals surface area contributed by atoms with Crippen LogP contribution in [0, 0.1) is 0 Å². The lowest BCUT2D eigenvalue weighted by Crippen LogP contribution is -2.54. The molecule has 1 saturated heterocycles. The van der Waals surface area contributed by atoms with Crippen LogP contribution in [0.3, 0.4) is 0 Å². The largest absolute Gasteiger partial charge is 0.397 e. The molecule has 5 N–H and O–H groups in total. The number of ether oxygens (including phenoxy) is 1. The SMILES string of the molecule is C[C@H]1O[C@@H](c2ccncc2NC(=O)c2nc(-c3nccs3)ccc2N)C[C@@H](O)[C@]1(C)O. The Bertz CT molecular complexity index is 1080. The molecule has 0 unspecified atom stereocenters. The van der Waals surface area contributed by atoms with Crippen molar-refractivity contribution in [3.8, 4) is 10.7 Å². The quantitative estimate of drug-likeness (QED) is 0.483. The summed E-state index contributed by atoms with van der Waals surface area (Å²) in [6, 6.07) is 5.04. The maximum atomic E-state index is 13.0. The van der Waals surface area contributed by atoms with E-state index in [0.29, 0.717) is 22.0 Å². The first-order chi connectivity index (χ1) is 14.8. The van der Waals surface area contributed by atoms with Crippen molar-refractivity contribution >= 4 is 28.6 Å². The van der Waals surface area contributed by atoms with Crippen LogP contribution in [0.5, 0.6) is 0 Å². The summed E-state index contributed by atoms with van der Waals surface area (Å²) in [4.78, 5) is 25.7. The van der Waals surface area contributed by atoms with Crippen LogP contribution < -0.4 is 11.1 Å². The number of rotatable bonds is 4. The molecule has 3 aromatic rings. The van der Waals surface area contributed by atoms with Crippen LogP contribution in [0.15, 0.2) is 42.2 Å². The number of aliphatic hydroxyl groups is 2. The van der Waals surface area contributed by atoms with E-state index in [-0.39, 0.29) is 17.8 Å². The fourth-order valence-corrected chi connectivity index (χ4v) is 4.05. The maximum Gasteiger partial charge on any atom is 0.276 e. The van der Waals surface area contributed by atoms with Crippen molar-refractivity contribution in [1.82, 2.24) is 15.0 Å². The molecular formula is C21H23N5O4S. The van der Waals surface area contributed by atoms with Gasteiger partial charge in [0.05, 0.1) is 41.6 Å². The number of nitrogens with one attached hydrogen (secondary N) is 1. The predicted molar refractivity (Wildman–Crippen MR) is 116 cm³/mol. The van der Waals surface area contributed by atoms with Crippen molar-refractivity contribution in [2.75, 3.05) is 11.1 Å². The van der Waals surface area contributed by atoms with Gasteiger partial charge in [-0.3, -0.25) is 9.78 Å². The van der Waals surface area contributed by atoms with Crippen molar-refractivity contribution < 1.29 is 19.7 Å². The summed E-state index contributed by atoms with van der Waals surface area (Å²) in [6.07, 6.45) is 2.79. The highest BCUT2D eigenvalue weighted by atomic mass is 32.1. The first kappa shape index (κ1) is 21.3.